The number of phenols is 1. The molecule has 3 aliphatic heterocycles. The third-order valence-electron chi connectivity index (χ3n) is 14.1. The Hall–Kier alpha value is -5.83. The lowest BCUT2D eigenvalue weighted by Gasteiger charge is -2.47. The molecule has 10 rings (SSSR count). The molecule has 322 valence electrons. The van der Waals surface area contributed by atoms with E-state index in [0.717, 1.165) is 65.2 Å². The van der Waals surface area contributed by atoms with Crippen LogP contribution in [0.15, 0.2) is 70.7 Å². The number of benzene rings is 2. The molecule has 5 aromatic rings. The first-order valence-electron chi connectivity index (χ1n) is 21.9. The van der Waals surface area contributed by atoms with Crippen LogP contribution in [0.4, 0.5) is 11.6 Å². The van der Waals surface area contributed by atoms with Gasteiger partial charge < -0.3 is 35.0 Å². The summed E-state index contributed by atoms with van der Waals surface area (Å²) in [5, 5.41) is 30.3. The maximum Gasteiger partial charge on any atom is 0.243 e. The topological polar surface area (TPSA) is 170 Å². The summed E-state index contributed by atoms with van der Waals surface area (Å²) in [6, 6.07) is 18.5. The van der Waals surface area contributed by atoms with Crippen molar-refractivity contribution >= 4 is 40.7 Å². The number of anilines is 2. The summed E-state index contributed by atoms with van der Waals surface area (Å²) >= 11 is 1.62. The molecule has 5 aliphatic rings. The van der Waals surface area contributed by atoms with Crippen molar-refractivity contribution in [3.05, 3.63) is 88.8 Å². The Morgan fingerprint density at radius 1 is 0.968 bits per heavy atom. The van der Waals surface area contributed by atoms with E-state index in [9.17, 15) is 19.5 Å². The Kier molecular flexibility index (Phi) is 10.1. The minimum Gasteiger partial charge on any atom is -0.507 e. The number of carbonyl (C=O) groups is 3. The molecule has 3 N–H and O–H groups in total. The van der Waals surface area contributed by atoms with Gasteiger partial charge in [0, 0.05) is 61.4 Å². The van der Waals surface area contributed by atoms with Crippen LogP contribution in [-0.2, 0) is 20.8 Å². The van der Waals surface area contributed by atoms with E-state index < -0.39 is 12.0 Å². The Balaban J connectivity index is 0.744. The highest BCUT2D eigenvalue weighted by Crippen LogP contribution is 2.55. The predicted molar refractivity (Wildman–Crippen MR) is 235 cm³/mol. The van der Waals surface area contributed by atoms with Gasteiger partial charge in [0.25, 0.3) is 0 Å². The predicted octanol–water partition coefficient (Wildman–Crippen LogP) is 6.73. The number of aryl methyl sites for hydroxylation is 1. The molecule has 2 aliphatic carbocycles. The molecule has 14 nitrogen and oxygen atoms in total. The summed E-state index contributed by atoms with van der Waals surface area (Å²) in [6.45, 7) is 10.9. The van der Waals surface area contributed by atoms with Crippen molar-refractivity contribution < 1.29 is 24.0 Å². The first kappa shape index (κ1) is 40.3. The fourth-order valence-corrected chi connectivity index (χ4v) is 11.1. The van der Waals surface area contributed by atoms with Gasteiger partial charge in [0.2, 0.25) is 17.7 Å². The monoisotopic (exact) mass is 855 g/mol. The van der Waals surface area contributed by atoms with Gasteiger partial charge in [-0.2, -0.15) is 0 Å². The zero-order valence-electron chi connectivity index (χ0n) is 35.6. The van der Waals surface area contributed by atoms with Crippen LogP contribution < -0.4 is 15.5 Å². The van der Waals surface area contributed by atoms with Crippen LogP contribution in [0.25, 0.3) is 21.7 Å². The van der Waals surface area contributed by atoms with E-state index in [1.807, 2.05) is 67.3 Å². The van der Waals surface area contributed by atoms with E-state index in [4.69, 9.17) is 4.52 Å². The number of aromatic nitrogens is 4. The van der Waals surface area contributed by atoms with Gasteiger partial charge in [-0.15, -0.1) is 21.5 Å². The Morgan fingerprint density at radius 2 is 1.73 bits per heavy atom. The maximum atomic E-state index is 14.6. The third-order valence-corrected chi connectivity index (χ3v) is 15.1. The van der Waals surface area contributed by atoms with Crippen LogP contribution in [0, 0.1) is 24.2 Å². The number of hydrogen-bond donors (Lipinski definition) is 3. The van der Waals surface area contributed by atoms with Gasteiger partial charge in [0.05, 0.1) is 27.8 Å². The SMILES string of the molecule is Cc1ncsc1-c1ccc([C@H](C)NC(=O)[C@@H]2CC3(CC3)CN2C(=O)C(c2cc(N3CCN(C(=O)[C@H]4C[C@@]5(Cc6cc(-c7ccccc7O)nnc6N5)C4)CC3)no2)C(C)C)cc1. The number of carbonyl (C=O) groups excluding carboxylic acids is 3. The lowest BCUT2D eigenvalue weighted by Crippen LogP contribution is -2.57. The highest BCUT2D eigenvalue weighted by molar-refractivity contribution is 7.13. The second kappa shape index (κ2) is 15.5. The number of hydrogen-bond acceptors (Lipinski definition) is 12. The van der Waals surface area contributed by atoms with Gasteiger partial charge in [0.1, 0.15) is 17.7 Å². The normalized spacial score (nSPS) is 23.3. The van der Waals surface area contributed by atoms with Gasteiger partial charge in [-0.1, -0.05) is 55.4 Å². The summed E-state index contributed by atoms with van der Waals surface area (Å²) in [5.41, 5.74) is 7.10. The average molecular weight is 856 g/mol. The second-order valence-electron chi connectivity index (χ2n) is 18.7. The van der Waals surface area contributed by atoms with Crippen LogP contribution in [0.5, 0.6) is 5.75 Å². The van der Waals surface area contributed by atoms with Gasteiger partial charge >= 0.3 is 0 Å². The molecule has 4 fully saturated rings. The van der Waals surface area contributed by atoms with E-state index in [1.54, 1.807) is 23.5 Å². The molecular weight excluding hydrogens is 803 g/mol. The molecule has 62 heavy (non-hydrogen) atoms. The smallest absolute Gasteiger partial charge is 0.243 e. The average Bonchev–Trinajstić information content (AvgIpc) is 3.67. The number of phenolic OH excluding ortho intramolecular Hbond substituents is 1. The van der Waals surface area contributed by atoms with Crippen molar-refractivity contribution in [2.45, 2.75) is 89.8 Å². The first-order chi connectivity index (χ1) is 29.9. The van der Waals surface area contributed by atoms with Crippen molar-refractivity contribution in [1.29, 1.82) is 0 Å². The highest BCUT2D eigenvalue weighted by atomic mass is 32.1. The van der Waals surface area contributed by atoms with Crippen LogP contribution in [0.2, 0.25) is 0 Å². The van der Waals surface area contributed by atoms with Crippen molar-refractivity contribution in [2.24, 2.45) is 17.3 Å². The van der Waals surface area contributed by atoms with Crippen LogP contribution >= 0.6 is 11.3 Å². The molecule has 2 spiro atoms. The third kappa shape index (κ3) is 7.37. The van der Waals surface area contributed by atoms with E-state index in [-0.39, 0.29) is 52.3 Å². The van der Waals surface area contributed by atoms with Crippen LogP contribution in [-0.4, -0.2) is 97.3 Å². The molecule has 0 bridgehead atoms. The van der Waals surface area contributed by atoms with Crippen molar-refractivity contribution in [1.82, 2.24) is 35.5 Å². The van der Waals surface area contributed by atoms with E-state index in [1.165, 1.54) is 0 Å². The van der Waals surface area contributed by atoms with E-state index in [0.29, 0.717) is 62.0 Å². The quantitative estimate of drug-likeness (QED) is 0.136. The van der Waals surface area contributed by atoms with Gasteiger partial charge in [-0.05, 0) is 93.0 Å². The molecule has 2 saturated carbocycles. The molecule has 15 heteroatoms. The zero-order chi connectivity index (χ0) is 42.9. The summed E-state index contributed by atoms with van der Waals surface area (Å²) in [7, 11) is 0. The zero-order valence-corrected chi connectivity index (χ0v) is 36.5. The lowest BCUT2D eigenvalue weighted by molar-refractivity contribution is -0.141. The number of aromatic hydroxyl groups is 1. The van der Waals surface area contributed by atoms with Crippen molar-refractivity contribution in [2.75, 3.05) is 42.9 Å². The Labute approximate surface area is 365 Å². The first-order valence-corrected chi connectivity index (χ1v) is 22.8. The number of rotatable bonds is 10. The number of fused-ring (bicyclic) bond motifs is 1. The fraction of sp³-hybridized carbons (Fsp3) is 0.468. The summed E-state index contributed by atoms with van der Waals surface area (Å²) < 4.78 is 5.96. The van der Waals surface area contributed by atoms with Gasteiger partial charge in [-0.25, -0.2) is 4.98 Å². The van der Waals surface area contributed by atoms with E-state index >= 15 is 0 Å². The van der Waals surface area contributed by atoms with Crippen LogP contribution in [0.3, 0.4) is 0 Å². The number of nitrogens with zero attached hydrogens (tertiary/aromatic N) is 7. The summed E-state index contributed by atoms with van der Waals surface area (Å²) in [5.74, 6) is 1.29. The summed E-state index contributed by atoms with van der Waals surface area (Å²) in [4.78, 5) is 53.7. The maximum absolute atomic E-state index is 14.6. The molecule has 0 radical (unpaired) electrons. The van der Waals surface area contributed by atoms with Crippen molar-refractivity contribution in [3.8, 4) is 27.4 Å². The van der Waals surface area contributed by atoms with Gasteiger partial charge in [-0.3, -0.25) is 14.4 Å². The van der Waals surface area contributed by atoms with E-state index in [2.05, 4.69) is 60.1 Å². The molecule has 2 saturated heterocycles. The Morgan fingerprint density at radius 3 is 2.42 bits per heavy atom. The lowest BCUT2D eigenvalue weighted by atomic mass is 9.66. The van der Waals surface area contributed by atoms with Crippen molar-refractivity contribution in [3.63, 3.8) is 0 Å². The fourth-order valence-electron chi connectivity index (χ4n) is 10.3. The largest absolute Gasteiger partial charge is 0.507 e. The molecule has 1 unspecified atom stereocenters. The molecule has 3 aromatic heterocycles. The van der Waals surface area contributed by atoms with Crippen LogP contribution in [0.1, 0.15) is 87.4 Å². The number of likely N-dealkylation sites (tertiary alicyclic amines) is 1. The minimum absolute atomic E-state index is 0.00592. The minimum atomic E-state index is -0.590. The summed E-state index contributed by atoms with van der Waals surface area (Å²) in [6.07, 6.45) is 4.93. The number of para-hydroxylation sites is 1. The molecule has 2 aromatic carbocycles. The molecule has 3 amide bonds. The number of nitrogens with one attached hydrogen (secondary N) is 2. The molecular formula is C47H53N9O5S. The molecule has 3 atom stereocenters. The Bertz CT molecular complexity index is 2520. The van der Waals surface area contributed by atoms with Gasteiger partial charge in [0.15, 0.2) is 17.4 Å². The molecule has 6 heterocycles. The standard InChI is InChI=1S/C47H53N9O5S/c1-27(2)40(45(60)56-25-46(13-14-46)24-36(56)43(58)49-28(3)30-9-11-31(12-10-30)41-29(4)48-26-62-41)38-20-39(53-61-38)54-15-17-55(18-16-54)44(59)33-22-47(23-33)21-32-19-35(51-52-42(32)50-47)34-7-5-6-8-37(34)57/h5-12,19-20,26-28,33,36,40,57H,13-18,21-25H2,1-4H3,(H,49,58)(H,50,52)/t28-,33-,36-,40?,47-/m0/s1. The number of amides is 3. The highest BCUT2D eigenvalue weighted by Gasteiger charge is 2.56. The number of piperazine rings is 1. The second-order valence-corrected chi connectivity index (χ2v) is 19.6. The number of thiazole rings is 1.